The molecule has 2 nitrogen and oxygen atoms in total. The highest BCUT2D eigenvalue weighted by Gasteiger charge is 2.36. The van der Waals surface area contributed by atoms with Crippen molar-refractivity contribution in [1.82, 2.24) is 0 Å². The van der Waals surface area contributed by atoms with Crippen LogP contribution < -0.4 is 0 Å². The summed E-state index contributed by atoms with van der Waals surface area (Å²) in [6.07, 6.45) is -4.69. The second-order valence-electron chi connectivity index (χ2n) is 4.21. The van der Waals surface area contributed by atoms with Crippen molar-refractivity contribution in [2.75, 3.05) is 0 Å². The number of alkyl halides is 3. The molecule has 0 unspecified atom stereocenters. The lowest BCUT2D eigenvalue weighted by atomic mass is 9.97. The fourth-order valence-electron chi connectivity index (χ4n) is 1.78. The van der Waals surface area contributed by atoms with Gasteiger partial charge in [0.25, 0.3) is 0 Å². The zero-order valence-corrected chi connectivity index (χ0v) is 12.0. The van der Waals surface area contributed by atoms with Crippen LogP contribution in [0.4, 0.5) is 13.2 Å². The van der Waals surface area contributed by atoms with Crippen molar-refractivity contribution in [2.24, 2.45) is 0 Å². The van der Waals surface area contributed by atoms with Gasteiger partial charge in [0.1, 0.15) is 0 Å². The molecular weight excluding hydrogens is 349 g/mol. The summed E-state index contributed by atoms with van der Waals surface area (Å²) >= 11 is 3.17. The zero-order valence-electron chi connectivity index (χ0n) is 10.4. The van der Waals surface area contributed by atoms with E-state index < -0.39 is 28.9 Å². The molecule has 21 heavy (non-hydrogen) atoms. The molecule has 2 aromatic rings. The van der Waals surface area contributed by atoms with Crippen molar-refractivity contribution in [3.63, 3.8) is 0 Å². The van der Waals surface area contributed by atoms with Crippen molar-refractivity contribution < 1.29 is 22.8 Å². The molecule has 0 bridgehead atoms. The molecule has 0 amide bonds. The summed E-state index contributed by atoms with van der Waals surface area (Å²) in [5.74, 6) is -2.15. The van der Waals surface area contributed by atoms with Crippen LogP contribution in [0.3, 0.4) is 0 Å². The van der Waals surface area contributed by atoms with E-state index >= 15 is 0 Å². The molecular formula is C15H8BrF3O2. The van der Waals surface area contributed by atoms with E-state index in [-0.39, 0.29) is 5.56 Å². The minimum atomic E-state index is -4.69. The zero-order chi connectivity index (χ0) is 15.6. The number of benzene rings is 2. The molecule has 0 aliphatic carbocycles. The summed E-state index contributed by atoms with van der Waals surface area (Å²) < 4.78 is 39.3. The second kappa shape index (κ2) is 5.81. The highest BCUT2D eigenvalue weighted by molar-refractivity contribution is 9.10. The lowest BCUT2D eigenvalue weighted by Gasteiger charge is -2.11. The molecule has 0 aromatic heterocycles. The van der Waals surface area contributed by atoms with Gasteiger partial charge in [-0.3, -0.25) is 9.59 Å². The molecule has 0 saturated carbocycles. The molecule has 0 N–H and O–H groups in total. The third-order valence-electron chi connectivity index (χ3n) is 2.79. The second-order valence-corrected chi connectivity index (χ2v) is 5.12. The minimum absolute atomic E-state index is 0.0418. The first-order valence-corrected chi connectivity index (χ1v) is 6.61. The van der Waals surface area contributed by atoms with Gasteiger partial charge < -0.3 is 0 Å². The van der Waals surface area contributed by atoms with Gasteiger partial charge in [-0.05, 0) is 30.3 Å². The van der Waals surface area contributed by atoms with Gasteiger partial charge in [0.2, 0.25) is 11.6 Å². The van der Waals surface area contributed by atoms with Crippen LogP contribution in [0.2, 0.25) is 0 Å². The molecule has 0 radical (unpaired) electrons. The van der Waals surface area contributed by atoms with E-state index in [1.165, 1.54) is 36.4 Å². The molecule has 0 aliphatic rings. The number of hydrogen-bond acceptors (Lipinski definition) is 2. The first kappa shape index (κ1) is 15.4. The van der Waals surface area contributed by atoms with E-state index in [1.807, 2.05) is 0 Å². The third kappa shape index (κ3) is 3.39. The predicted octanol–water partition coefficient (Wildman–Crippen LogP) is 4.53. The first-order chi connectivity index (χ1) is 9.80. The molecule has 0 spiro atoms. The topological polar surface area (TPSA) is 34.1 Å². The van der Waals surface area contributed by atoms with Gasteiger partial charge in [0.15, 0.2) is 0 Å². The monoisotopic (exact) mass is 356 g/mol. The Balaban J connectivity index is 2.41. The molecule has 6 heteroatoms. The Bertz CT molecular complexity index is 691. The summed E-state index contributed by atoms with van der Waals surface area (Å²) in [6, 6.07) is 10.1. The Labute approximate surface area is 126 Å². The summed E-state index contributed by atoms with van der Waals surface area (Å²) in [5.41, 5.74) is -1.71. The number of ketones is 2. The fraction of sp³-hybridized carbons (Fsp3) is 0.0667. The van der Waals surface area contributed by atoms with Crippen LogP contribution in [0, 0.1) is 0 Å². The van der Waals surface area contributed by atoms with E-state index in [9.17, 15) is 22.8 Å². The standard InChI is InChI=1S/C15H8BrF3O2/c16-10-7-5-9(6-8-10)13(20)14(21)11-3-1-2-4-12(11)15(17,18)19/h1-8H. The summed E-state index contributed by atoms with van der Waals surface area (Å²) in [4.78, 5) is 24.0. The van der Waals surface area contributed by atoms with Gasteiger partial charge in [0, 0.05) is 15.6 Å². The van der Waals surface area contributed by atoms with Crippen molar-refractivity contribution >= 4 is 27.5 Å². The third-order valence-corrected chi connectivity index (χ3v) is 3.32. The van der Waals surface area contributed by atoms with Gasteiger partial charge in [-0.2, -0.15) is 13.2 Å². The Morgan fingerprint density at radius 1 is 0.857 bits per heavy atom. The largest absolute Gasteiger partial charge is 0.417 e. The molecule has 2 aromatic carbocycles. The summed E-state index contributed by atoms with van der Waals surface area (Å²) in [5, 5.41) is 0. The molecule has 2 rings (SSSR count). The van der Waals surface area contributed by atoms with Crippen molar-refractivity contribution in [3.8, 4) is 0 Å². The Morgan fingerprint density at radius 3 is 2.00 bits per heavy atom. The van der Waals surface area contributed by atoms with Crippen LogP contribution in [0.1, 0.15) is 26.3 Å². The molecule has 0 aliphatic heterocycles. The molecule has 0 atom stereocenters. The van der Waals surface area contributed by atoms with E-state index in [2.05, 4.69) is 15.9 Å². The average Bonchev–Trinajstić information content (AvgIpc) is 2.45. The van der Waals surface area contributed by atoms with Gasteiger partial charge in [-0.25, -0.2) is 0 Å². The number of Topliss-reactive ketones (excluding diaryl/α,β-unsaturated/α-hetero) is 2. The van der Waals surface area contributed by atoms with E-state index in [4.69, 9.17) is 0 Å². The quantitative estimate of drug-likeness (QED) is 0.597. The minimum Gasteiger partial charge on any atom is -0.285 e. The Kier molecular flexibility index (Phi) is 4.27. The molecule has 0 saturated heterocycles. The Hall–Kier alpha value is -1.95. The highest BCUT2D eigenvalue weighted by atomic mass is 79.9. The predicted molar refractivity (Wildman–Crippen MR) is 74.2 cm³/mol. The summed E-state index contributed by atoms with van der Waals surface area (Å²) in [6.45, 7) is 0. The van der Waals surface area contributed by atoms with Gasteiger partial charge in [-0.15, -0.1) is 0 Å². The van der Waals surface area contributed by atoms with Crippen LogP contribution in [-0.4, -0.2) is 11.6 Å². The number of hydrogen-bond donors (Lipinski definition) is 0. The molecule has 0 heterocycles. The average molecular weight is 357 g/mol. The number of carbonyl (C=O) groups excluding carboxylic acids is 2. The van der Waals surface area contributed by atoms with Gasteiger partial charge in [0.05, 0.1) is 5.56 Å². The summed E-state index contributed by atoms with van der Waals surface area (Å²) in [7, 11) is 0. The first-order valence-electron chi connectivity index (χ1n) is 5.81. The normalized spacial score (nSPS) is 11.2. The Morgan fingerprint density at radius 2 is 1.43 bits per heavy atom. The number of carbonyl (C=O) groups is 2. The molecule has 108 valence electrons. The van der Waals surface area contributed by atoms with Crippen molar-refractivity contribution in [1.29, 1.82) is 0 Å². The van der Waals surface area contributed by atoms with E-state index in [0.717, 1.165) is 12.1 Å². The smallest absolute Gasteiger partial charge is 0.285 e. The van der Waals surface area contributed by atoms with Crippen LogP contribution in [0.15, 0.2) is 53.0 Å². The maximum Gasteiger partial charge on any atom is 0.417 e. The van der Waals surface area contributed by atoms with Crippen molar-refractivity contribution in [2.45, 2.75) is 6.18 Å². The SMILES string of the molecule is O=C(C(=O)c1ccccc1C(F)(F)F)c1ccc(Br)cc1. The highest BCUT2D eigenvalue weighted by Crippen LogP contribution is 2.32. The number of halogens is 4. The lowest BCUT2D eigenvalue weighted by molar-refractivity contribution is -0.137. The molecule has 0 fully saturated rings. The number of rotatable bonds is 3. The van der Waals surface area contributed by atoms with Gasteiger partial charge in [-0.1, -0.05) is 34.1 Å². The lowest BCUT2D eigenvalue weighted by Crippen LogP contribution is -2.19. The van der Waals surface area contributed by atoms with Crippen LogP contribution in [0.5, 0.6) is 0 Å². The van der Waals surface area contributed by atoms with Crippen LogP contribution in [0.25, 0.3) is 0 Å². The van der Waals surface area contributed by atoms with Gasteiger partial charge >= 0.3 is 6.18 Å². The van der Waals surface area contributed by atoms with E-state index in [0.29, 0.717) is 4.47 Å². The van der Waals surface area contributed by atoms with E-state index in [1.54, 1.807) is 0 Å². The van der Waals surface area contributed by atoms with Crippen LogP contribution >= 0.6 is 15.9 Å². The van der Waals surface area contributed by atoms with Crippen molar-refractivity contribution in [3.05, 3.63) is 69.7 Å². The maximum atomic E-state index is 12.9. The fourth-order valence-corrected chi connectivity index (χ4v) is 2.05. The maximum absolute atomic E-state index is 12.9. The van der Waals surface area contributed by atoms with Crippen LogP contribution in [-0.2, 0) is 6.18 Å².